The first-order chi connectivity index (χ1) is 25.0. The molecule has 2 aromatic carbocycles. The van der Waals surface area contributed by atoms with Crippen LogP contribution in [0.4, 0.5) is 0 Å². The van der Waals surface area contributed by atoms with Crippen LogP contribution in [0.25, 0.3) is 11.1 Å². The highest BCUT2D eigenvalue weighted by molar-refractivity contribution is 5.87. The van der Waals surface area contributed by atoms with Gasteiger partial charge in [0.05, 0.1) is 25.2 Å². The van der Waals surface area contributed by atoms with E-state index in [0.717, 1.165) is 34.6 Å². The lowest BCUT2D eigenvalue weighted by molar-refractivity contribution is -0.146. The van der Waals surface area contributed by atoms with Crippen molar-refractivity contribution in [1.29, 1.82) is 0 Å². The van der Waals surface area contributed by atoms with Crippen LogP contribution in [0.15, 0.2) is 54.6 Å². The summed E-state index contributed by atoms with van der Waals surface area (Å²) in [7, 11) is 0. The van der Waals surface area contributed by atoms with E-state index in [1.165, 1.54) is 69.4 Å². The predicted octanol–water partition coefficient (Wildman–Crippen LogP) is 8.22. The molecule has 0 radical (unpaired) electrons. The zero-order chi connectivity index (χ0) is 38.1. The van der Waals surface area contributed by atoms with Gasteiger partial charge in [0.1, 0.15) is 19.0 Å². The van der Waals surface area contributed by atoms with Crippen molar-refractivity contribution in [2.75, 3.05) is 39.6 Å². The summed E-state index contributed by atoms with van der Waals surface area (Å²) in [4.78, 5) is 24.2. The molecule has 8 heteroatoms. The number of carbonyl (C=O) groups is 2. The van der Waals surface area contributed by atoms with Crippen LogP contribution in [-0.2, 0) is 38.3 Å². The Bertz CT molecular complexity index is 1460. The summed E-state index contributed by atoms with van der Waals surface area (Å²) in [6.07, 6.45) is 13.4. The van der Waals surface area contributed by atoms with E-state index >= 15 is 0 Å². The number of carbonyl (C=O) groups excluding carboxylic acids is 2. The van der Waals surface area contributed by atoms with Gasteiger partial charge >= 0.3 is 11.9 Å². The number of hydrogen-bond donors (Lipinski definition) is 3. The summed E-state index contributed by atoms with van der Waals surface area (Å²) < 4.78 is 17.2. The van der Waals surface area contributed by atoms with Crippen molar-refractivity contribution in [1.82, 2.24) is 0 Å². The summed E-state index contributed by atoms with van der Waals surface area (Å²) >= 11 is 0. The largest absolute Gasteiger partial charge is 0.492 e. The van der Waals surface area contributed by atoms with Crippen molar-refractivity contribution in [3.63, 3.8) is 0 Å². The number of ether oxygens (including phenoxy) is 3. The number of esters is 2. The van der Waals surface area contributed by atoms with E-state index in [2.05, 4.69) is 57.3 Å². The van der Waals surface area contributed by atoms with Crippen molar-refractivity contribution in [3.05, 3.63) is 76.9 Å². The van der Waals surface area contributed by atoms with Gasteiger partial charge in [-0.25, -0.2) is 9.59 Å². The van der Waals surface area contributed by atoms with Crippen LogP contribution in [0, 0.1) is 11.3 Å². The molecule has 0 spiro atoms. The first-order valence-corrected chi connectivity index (χ1v) is 19.4. The van der Waals surface area contributed by atoms with Crippen LogP contribution < -0.4 is 4.74 Å². The zero-order valence-corrected chi connectivity index (χ0v) is 32.3. The highest BCUT2D eigenvalue weighted by atomic mass is 16.5. The second-order valence-electron chi connectivity index (χ2n) is 14.9. The van der Waals surface area contributed by atoms with Crippen molar-refractivity contribution >= 4 is 11.9 Å². The SMILES string of the molecule is C=C(C)C(=O)OCCCc1cc(-c2ccc(C3CCC(CCCCC)CC3)cc2CC)cc(CCCO)c1OCC(CO)(CO)COC(=O)C(=C)C. The Kier molecular flexibility index (Phi) is 18.1. The lowest BCUT2D eigenvalue weighted by Crippen LogP contribution is -2.41. The number of unbranched alkanes of at least 4 members (excludes halogenated alkanes) is 2. The molecule has 0 atom stereocenters. The molecule has 0 amide bonds. The lowest BCUT2D eigenvalue weighted by atomic mass is 9.76. The third-order valence-corrected chi connectivity index (χ3v) is 10.4. The minimum Gasteiger partial charge on any atom is -0.492 e. The number of benzene rings is 2. The van der Waals surface area contributed by atoms with Crippen molar-refractivity contribution in [2.45, 2.75) is 117 Å². The molecule has 8 nitrogen and oxygen atoms in total. The Morgan fingerprint density at radius 3 is 2.00 bits per heavy atom. The lowest BCUT2D eigenvalue weighted by Gasteiger charge is -2.30. The maximum atomic E-state index is 12.2. The molecule has 2 aromatic rings. The summed E-state index contributed by atoms with van der Waals surface area (Å²) in [5.41, 5.74) is 5.96. The highest BCUT2D eigenvalue weighted by Gasteiger charge is 2.33. The molecular formula is C44H64O8. The molecule has 1 saturated carbocycles. The molecule has 1 aliphatic rings. The van der Waals surface area contributed by atoms with Gasteiger partial charge in [-0.2, -0.15) is 0 Å². The molecule has 0 bridgehead atoms. The van der Waals surface area contributed by atoms with Crippen molar-refractivity contribution in [2.24, 2.45) is 11.3 Å². The first kappa shape index (κ1) is 42.9. The number of hydrogen-bond acceptors (Lipinski definition) is 8. The Hall–Kier alpha value is -3.46. The van der Waals surface area contributed by atoms with E-state index in [1.807, 2.05) is 0 Å². The van der Waals surface area contributed by atoms with E-state index < -0.39 is 30.6 Å². The molecule has 1 aliphatic carbocycles. The predicted molar refractivity (Wildman–Crippen MR) is 207 cm³/mol. The summed E-state index contributed by atoms with van der Waals surface area (Å²) in [6.45, 7) is 13.8. The van der Waals surface area contributed by atoms with Gasteiger partial charge in [-0.15, -0.1) is 0 Å². The Morgan fingerprint density at radius 1 is 0.788 bits per heavy atom. The first-order valence-electron chi connectivity index (χ1n) is 19.4. The number of aryl methyl sites for hydroxylation is 3. The van der Waals surface area contributed by atoms with E-state index in [1.54, 1.807) is 6.92 Å². The van der Waals surface area contributed by atoms with Gasteiger partial charge in [0.2, 0.25) is 0 Å². The van der Waals surface area contributed by atoms with Gasteiger partial charge < -0.3 is 29.5 Å². The normalized spacial score (nSPS) is 16.0. The van der Waals surface area contributed by atoms with Gasteiger partial charge in [-0.3, -0.25) is 0 Å². The Morgan fingerprint density at radius 2 is 1.42 bits per heavy atom. The second kappa shape index (κ2) is 21.9. The molecule has 0 saturated heterocycles. The Balaban J connectivity index is 1.97. The minimum absolute atomic E-state index is 0.000311. The molecule has 288 valence electrons. The number of aliphatic hydroxyl groups excluding tert-OH is 3. The fraction of sp³-hybridized carbons (Fsp3) is 0.591. The van der Waals surface area contributed by atoms with Crippen LogP contribution >= 0.6 is 0 Å². The molecule has 3 rings (SSSR count). The molecule has 0 aromatic heterocycles. The Labute approximate surface area is 312 Å². The van der Waals surface area contributed by atoms with Gasteiger partial charge in [0.25, 0.3) is 0 Å². The fourth-order valence-corrected chi connectivity index (χ4v) is 7.04. The second-order valence-corrected chi connectivity index (χ2v) is 14.9. The molecule has 0 aliphatic heterocycles. The van der Waals surface area contributed by atoms with E-state index in [-0.39, 0.29) is 32.0 Å². The maximum Gasteiger partial charge on any atom is 0.333 e. The molecule has 1 fully saturated rings. The smallest absolute Gasteiger partial charge is 0.333 e. The fourth-order valence-electron chi connectivity index (χ4n) is 7.04. The third-order valence-electron chi connectivity index (χ3n) is 10.4. The summed E-state index contributed by atoms with van der Waals surface area (Å²) in [5.74, 6) is 0.984. The van der Waals surface area contributed by atoms with E-state index in [9.17, 15) is 24.9 Å². The standard InChI is InChI=1S/C44H64O8/c1-7-9-10-13-33-16-18-35(19-17-33)36-20-21-40(34(8-2)24-36)39-25-37(14-11-22-45)41(38(26-39)15-12-23-50-42(48)31(3)4)51-29-44(27-46,28-47)30-52-43(49)32(5)6/h20-21,24-26,33,35,45-47H,3,5,7-19,22-23,27-30H2,1-2,4,6H3. The highest BCUT2D eigenvalue weighted by Crippen LogP contribution is 2.41. The van der Waals surface area contributed by atoms with Crippen molar-refractivity contribution < 1.29 is 39.1 Å². The molecule has 0 unspecified atom stereocenters. The van der Waals surface area contributed by atoms with Crippen molar-refractivity contribution in [3.8, 4) is 16.9 Å². The summed E-state index contributed by atoms with van der Waals surface area (Å²) in [6, 6.07) is 11.2. The van der Waals surface area contributed by atoms with Crippen LogP contribution in [0.1, 0.15) is 120 Å². The zero-order valence-electron chi connectivity index (χ0n) is 32.3. The monoisotopic (exact) mass is 720 g/mol. The van der Waals surface area contributed by atoms with Crippen LogP contribution in [0.5, 0.6) is 5.75 Å². The summed E-state index contributed by atoms with van der Waals surface area (Å²) in [5, 5.41) is 30.5. The molecule has 52 heavy (non-hydrogen) atoms. The number of rotatable bonds is 23. The van der Waals surface area contributed by atoms with Gasteiger partial charge in [0, 0.05) is 17.8 Å². The topological polar surface area (TPSA) is 123 Å². The number of aliphatic hydroxyl groups is 3. The molecular weight excluding hydrogens is 656 g/mol. The molecule has 0 heterocycles. The van der Waals surface area contributed by atoms with Crippen LogP contribution in [-0.4, -0.2) is 66.9 Å². The van der Waals surface area contributed by atoms with Crippen LogP contribution in [0.3, 0.4) is 0 Å². The van der Waals surface area contributed by atoms with Gasteiger partial charge in [0.15, 0.2) is 0 Å². The van der Waals surface area contributed by atoms with Gasteiger partial charge in [-0.05, 0) is 129 Å². The van der Waals surface area contributed by atoms with E-state index in [0.29, 0.717) is 42.9 Å². The van der Waals surface area contributed by atoms with E-state index in [4.69, 9.17) is 14.2 Å². The maximum absolute atomic E-state index is 12.2. The minimum atomic E-state index is -1.26. The average molecular weight is 721 g/mol. The quantitative estimate of drug-likeness (QED) is 0.0597. The average Bonchev–Trinajstić information content (AvgIpc) is 3.16. The van der Waals surface area contributed by atoms with Gasteiger partial charge in [-0.1, -0.05) is 70.9 Å². The molecule has 3 N–H and O–H groups in total. The third kappa shape index (κ3) is 12.6. The van der Waals surface area contributed by atoms with Crippen LogP contribution in [0.2, 0.25) is 0 Å².